The van der Waals surface area contributed by atoms with Crippen molar-refractivity contribution in [3.8, 4) is 17.4 Å². The van der Waals surface area contributed by atoms with Crippen LogP contribution < -0.4 is 25.6 Å². The van der Waals surface area contributed by atoms with Gasteiger partial charge in [0.05, 0.1) is 26.4 Å². The number of anilines is 3. The fraction of sp³-hybridized carbons (Fsp3) is 0.452. The normalized spacial score (nSPS) is 18.6. The van der Waals surface area contributed by atoms with Crippen molar-refractivity contribution in [3.63, 3.8) is 0 Å². The zero-order chi connectivity index (χ0) is 30.1. The summed E-state index contributed by atoms with van der Waals surface area (Å²) >= 11 is 0. The Hall–Kier alpha value is -4.33. The average molecular weight is 603 g/mol. The highest BCUT2D eigenvalue weighted by atomic mass is 16.6. The van der Waals surface area contributed by atoms with Crippen LogP contribution in [-0.2, 0) is 9.47 Å². The molecule has 4 heterocycles. The van der Waals surface area contributed by atoms with Crippen molar-refractivity contribution in [1.29, 1.82) is 0 Å². The van der Waals surface area contributed by atoms with E-state index in [0.29, 0.717) is 74.8 Å². The molecule has 2 aromatic carbocycles. The highest BCUT2D eigenvalue weighted by molar-refractivity contribution is 6.00. The molecule has 3 aromatic rings. The maximum atomic E-state index is 12.7. The van der Waals surface area contributed by atoms with Crippen LogP contribution in [0, 0.1) is 0 Å². The zero-order valence-corrected chi connectivity index (χ0v) is 24.7. The number of morpholine rings is 1. The highest BCUT2D eigenvalue weighted by Gasteiger charge is 2.22. The summed E-state index contributed by atoms with van der Waals surface area (Å²) in [5.74, 6) is 0.896. The summed E-state index contributed by atoms with van der Waals surface area (Å²) < 4.78 is 16.9. The second-order valence-electron chi connectivity index (χ2n) is 11.0. The summed E-state index contributed by atoms with van der Waals surface area (Å²) in [7, 11) is 0. The van der Waals surface area contributed by atoms with Gasteiger partial charge in [0.25, 0.3) is 5.91 Å². The van der Waals surface area contributed by atoms with E-state index in [0.717, 1.165) is 31.6 Å². The summed E-state index contributed by atoms with van der Waals surface area (Å²) in [6.07, 6.45) is 3.15. The molecule has 44 heavy (non-hydrogen) atoms. The molecule has 3 amide bonds. The second-order valence-corrected chi connectivity index (χ2v) is 11.0. The van der Waals surface area contributed by atoms with E-state index in [4.69, 9.17) is 19.2 Å². The quantitative estimate of drug-likeness (QED) is 0.317. The predicted octanol–water partition coefficient (Wildman–Crippen LogP) is 3.01. The number of carbonyl (C=O) groups is 2. The van der Waals surface area contributed by atoms with Gasteiger partial charge in [0.1, 0.15) is 6.10 Å². The zero-order valence-electron chi connectivity index (χ0n) is 24.7. The first-order valence-corrected chi connectivity index (χ1v) is 15.2. The Kier molecular flexibility index (Phi) is 9.75. The molecule has 3 N–H and O–H groups in total. The van der Waals surface area contributed by atoms with Crippen LogP contribution in [0.1, 0.15) is 29.6 Å². The van der Waals surface area contributed by atoms with E-state index in [1.807, 2.05) is 12.1 Å². The molecule has 0 radical (unpaired) electrons. The van der Waals surface area contributed by atoms with Gasteiger partial charge in [-0.15, -0.1) is 0 Å². The van der Waals surface area contributed by atoms with Gasteiger partial charge in [-0.2, -0.15) is 15.0 Å². The number of rotatable bonds is 10. The summed E-state index contributed by atoms with van der Waals surface area (Å²) in [5, 5.41) is 8.60. The van der Waals surface area contributed by atoms with Crippen LogP contribution in [0.3, 0.4) is 0 Å². The predicted molar refractivity (Wildman–Crippen MR) is 165 cm³/mol. The molecule has 0 spiro atoms. The first-order chi connectivity index (χ1) is 21.6. The Morgan fingerprint density at radius 2 is 1.55 bits per heavy atom. The molecule has 0 aliphatic carbocycles. The van der Waals surface area contributed by atoms with Crippen LogP contribution in [0.15, 0.2) is 48.5 Å². The van der Waals surface area contributed by atoms with Crippen molar-refractivity contribution in [1.82, 2.24) is 25.2 Å². The Morgan fingerprint density at radius 1 is 0.841 bits per heavy atom. The van der Waals surface area contributed by atoms with Gasteiger partial charge in [0.2, 0.25) is 5.95 Å². The SMILES string of the molecule is O=C(Nc1ccc(C(=O)NCCN2CCCC2)cc1)Nc1ccc(-c2nc(O[C@H]3CCOC3)nc(N3CCOCC3)n2)cc1. The number of hydrogen-bond donors (Lipinski definition) is 3. The number of benzene rings is 2. The number of nitrogens with zero attached hydrogens (tertiary/aromatic N) is 5. The molecule has 3 fully saturated rings. The number of aromatic nitrogens is 3. The van der Waals surface area contributed by atoms with E-state index in [1.54, 1.807) is 36.4 Å². The summed E-state index contributed by atoms with van der Waals surface area (Å²) in [4.78, 5) is 43.4. The average Bonchev–Trinajstić information content (AvgIpc) is 3.77. The minimum Gasteiger partial charge on any atom is -0.457 e. The molecule has 3 aliphatic rings. The molecule has 0 saturated carbocycles. The van der Waals surface area contributed by atoms with Crippen LogP contribution >= 0.6 is 0 Å². The molecule has 1 atom stereocenters. The maximum absolute atomic E-state index is 12.7. The Bertz CT molecular complexity index is 1400. The van der Waals surface area contributed by atoms with Crippen LogP contribution in [-0.4, -0.2) is 104 Å². The molecule has 3 aliphatic heterocycles. The van der Waals surface area contributed by atoms with Gasteiger partial charge in [0.15, 0.2) is 5.82 Å². The second kappa shape index (κ2) is 14.4. The van der Waals surface area contributed by atoms with Gasteiger partial charge in [-0.25, -0.2) is 4.79 Å². The molecule has 232 valence electrons. The molecule has 0 bridgehead atoms. The number of nitrogens with one attached hydrogen (secondary N) is 3. The topological polar surface area (TPSA) is 143 Å². The first kappa shape index (κ1) is 29.7. The minimum atomic E-state index is -0.398. The van der Waals surface area contributed by atoms with E-state index >= 15 is 0 Å². The Morgan fingerprint density at radius 3 is 2.23 bits per heavy atom. The fourth-order valence-electron chi connectivity index (χ4n) is 5.32. The van der Waals surface area contributed by atoms with E-state index in [9.17, 15) is 9.59 Å². The van der Waals surface area contributed by atoms with E-state index in [1.165, 1.54) is 12.8 Å². The molecule has 13 nitrogen and oxygen atoms in total. The van der Waals surface area contributed by atoms with E-state index < -0.39 is 6.03 Å². The third-order valence-corrected chi connectivity index (χ3v) is 7.78. The number of carbonyl (C=O) groups excluding carboxylic acids is 2. The highest BCUT2D eigenvalue weighted by Crippen LogP contribution is 2.24. The number of ether oxygens (including phenoxy) is 3. The molecular formula is C31H38N8O5. The maximum Gasteiger partial charge on any atom is 0.323 e. The molecule has 0 unspecified atom stereocenters. The lowest BCUT2D eigenvalue weighted by molar-refractivity contribution is 0.0949. The molecule has 13 heteroatoms. The lowest BCUT2D eigenvalue weighted by atomic mass is 10.2. The largest absolute Gasteiger partial charge is 0.457 e. The van der Waals surface area contributed by atoms with Gasteiger partial charge < -0.3 is 40.0 Å². The van der Waals surface area contributed by atoms with E-state index in [2.05, 4.69) is 35.7 Å². The Balaban J connectivity index is 1.04. The van der Waals surface area contributed by atoms with Crippen LogP contribution in [0.25, 0.3) is 11.4 Å². The van der Waals surface area contributed by atoms with Crippen molar-refractivity contribution in [2.75, 3.05) is 81.2 Å². The van der Waals surface area contributed by atoms with Crippen molar-refractivity contribution >= 4 is 29.3 Å². The van der Waals surface area contributed by atoms with Gasteiger partial charge in [0, 0.05) is 55.1 Å². The lowest BCUT2D eigenvalue weighted by Gasteiger charge is -2.27. The van der Waals surface area contributed by atoms with E-state index in [-0.39, 0.29) is 18.0 Å². The summed E-state index contributed by atoms with van der Waals surface area (Å²) in [6.45, 7) is 7.43. The smallest absolute Gasteiger partial charge is 0.323 e. The monoisotopic (exact) mass is 602 g/mol. The van der Waals surface area contributed by atoms with Crippen molar-refractivity contribution in [2.45, 2.75) is 25.4 Å². The van der Waals surface area contributed by atoms with Crippen LogP contribution in [0.2, 0.25) is 0 Å². The number of amides is 3. The molecule has 3 saturated heterocycles. The van der Waals surface area contributed by atoms with Crippen molar-refractivity contribution in [3.05, 3.63) is 54.1 Å². The summed E-state index contributed by atoms with van der Waals surface area (Å²) in [5.41, 5.74) is 2.49. The standard InChI is InChI=1S/C31H38N8O5/c40-28(32-12-15-38-13-1-2-14-38)23-5-9-25(10-6-23)34-30(41)33-24-7-3-22(4-8-24)27-35-29(39-16-19-42-20-17-39)37-31(36-27)44-26-11-18-43-21-26/h3-10,26H,1-2,11-21H2,(H,32,40)(H2,33,34,41)/t26-/m0/s1. The fourth-order valence-corrected chi connectivity index (χ4v) is 5.32. The van der Waals surface area contributed by atoms with Crippen LogP contribution in [0.5, 0.6) is 6.01 Å². The Labute approximate surface area is 256 Å². The molecule has 6 rings (SSSR count). The van der Waals surface area contributed by atoms with Crippen molar-refractivity contribution in [2.24, 2.45) is 0 Å². The van der Waals surface area contributed by atoms with Gasteiger partial charge in [-0.3, -0.25) is 4.79 Å². The van der Waals surface area contributed by atoms with Gasteiger partial charge in [-0.05, 0) is 74.5 Å². The number of likely N-dealkylation sites (tertiary alicyclic amines) is 1. The summed E-state index contributed by atoms with van der Waals surface area (Å²) in [6, 6.07) is 13.9. The van der Waals surface area contributed by atoms with Crippen LogP contribution in [0.4, 0.5) is 22.1 Å². The van der Waals surface area contributed by atoms with Gasteiger partial charge >= 0.3 is 12.0 Å². The first-order valence-electron chi connectivity index (χ1n) is 15.2. The van der Waals surface area contributed by atoms with Crippen molar-refractivity contribution < 1.29 is 23.8 Å². The third kappa shape index (κ3) is 7.98. The molecular weight excluding hydrogens is 564 g/mol. The van der Waals surface area contributed by atoms with Gasteiger partial charge in [-0.1, -0.05) is 0 Å². The lowest BCUT2D eigenvalue weighted by Crippen LogP contribution is -2.37. The molecule has 1 aromatic heterocycles. The number of urea groups is 1. The number of hydrogen-bond acceptors (Lipinski definition) is 10. The minimum absolute atomic E-state index is 0.0918. The third-order valence-electron chi connectivity index (χ3n) is 7.78.